The lowest BCUT2D eigenvalue weighted by molar-refractivity contribution is 0.466. The Kier molecular flexibility index (Phi) is 4.09. The van der Waals surface area contributed by atoms with Gasteiger partial charge < -0.3 is 15.4 Å². The molecule has 0 amide bonds. The number of aromatic nitrogens is 2. The molecule has 0 aliphatic rings. The molecule has 4 rings (SSSR count). The second kappa shape index (κ2) is 6.56. The van der Waals surface area contributed by atoms with Crippen LogP contribution in [0, 0.1) is 13.8 Å². The number of nitrogens with one attached hydrogen (secondary N) is 2. The summed E-state index contributed by atoms with van der Waals surface area (Å²) in [6.07, 6.45) is 1.79. The summed E-state index contributed by atoms with van der Waals surface area (Å²) in [4.78, 5) is 7.90. The normalized spacial score (nSPS) is 12.2. The van der Waals surface area contributed by atoms with Crippen molar-refractivity contribution in [2.45, 2.75) is 19.9 Å². The summed E-state index contributed by atoms with van der Waals surface area (Å²) < 4.78 is 0. The fourth-order valence-electron chi connectivity index (χ4n) is 3.47. The molecule has 130 valence electrons. The van der Waals surface area contributed by atoms with Crippen LogP contribution in [0.25, 0.3) is 10.9 Å². The Labute approximate surface area is 152 Å². The summed E-state index contributed by atoms with van der Waals surface area (Å²) in [5.41, 5.74) is 5.22. The molecule has 4 aromatic rings. The lowest BCUT2D eigenvalue weighted by atomic mass is 9.95. The van der Waals surface area contributed by atoms with Crippen molar-refractivity contribution >= 4 is 16.7 Å². The van der Waals surface area contributed by atoms with E-state index >= 15 is 0 Å². The number of phenolic OH excluding ortho intramolecular Hbond substituents is 1. The molecule has 0 saturated heterocycles. The maximum atomic E-state index is 10.5. The quantitative estimate of drug-likeness (QED) is 0.484. The topological polar surface area (TPSA) is 60.9 Å². The number of pyridine rings is 1. The van der Waals surface area contributed by atoms with Crippen LogP contribution in [0.15, 0.2) is 66.9 Å². The molecule has 1 unspecified atom stereocenters. The van der Waals surface area contributed by atoms with Gasteiger partial charge in [-0.05, 0) is 43.7 Å². The molecule has 4 heteroatoms. The predicted molar refractivity (Wildman–Crippen MR) is 106 cm³/mol. The van der Waals surface area contributed by atoms with E-state index < -0.39 is 0 Å². The summed E-state index contributed by atoms with van der Waals surface area (Å²) in [5, 5.41) is 15.2. The van der Waals surface area contributed by atoms with Crippen molar-refractivity contribution in [1.29, 1.82) is 0 Å². The average molecular weight is 343 g/mol. The largest absolute Gasteiger partial charge is 0.508 e. The van der Waals surface area contributed by atoms with Gasteiger partial charge in [-0.2, -0.15) is 0 Å². The second-order valence-electron chi connectivity index (χ2n) is 6.56. The van der Waals surface area contributed by atoms with Gasteiger partial charge in [0.25, 0.3) is 0 Å². The van der Waals surface area contributed by atoms with Gasteiger partial charge in [0, 0.05) is 33.9 Å². The number of hydrogen-bond donors (Lipinski definition) is 3. The van der Waals surface area contributed by atoms with E-state index in [9.17, 15) is 5.11 Å². The van der Waals surface area contributed by atoms with Gasteiger partial charge in [-0.1, -0.05) is 36.4 Å². The van der Waals surface area contributed by atoms with E-state index in [1.807, 2.05) is 49.4 Å². The van der Waals surface area contributed by atoms with Crippen LogP contribution in [0.4, 0.5) is 5.82 Å². The standard InChI is InChI=1S/C22H21N3O/c1-14-11-12-23-20(13-14)25-22(17-8-4-6-10-19(17)26)21-15(2)24-18-9-5-3-7-16(18)21/h3-13,22,24,26H,1-2H3,(H,23,25). The van der Waals surface area contributed by atoms with E-state index in [2.05, 4.69) is 34.3 Å². The summed E-state index contributed by atoms with van der Waals surface area (Å²) >= 11 is 0. The molecule has 2 heterocycles. The highest BCUT2D eigenvalue weighted by Gasteiger charge is 2.23. The SMILES string of the molecule is Cc1ccnc(NC(c2ccccc2O)c2c(C)[nH]c3ccccc23)c1. The number of anilines is 1. The van der Waals surface area contributed by atoms with E-state index in [0.29, 0.717) is 0 Å². The Morgan fingerprint density at radius 2 is 1.77 bits per heavy atom. The highest BCUT2D eigenvalue weighted by molar-refractivity contribution is 5.86. The number of nitrogens with zero attached hydrogens (tertiary/aromatic N) is 1. The van der Waals surface area contributed by atoms with Crippen LogP contribution in [0.3, 0.4) is 0 Å². The van der Waals surface area contributed by atoms with E-state index in [1.165, 1.54) is 0 Å². The molecule has 0 spiro atoms. The van der Waals surface area contributed by atoms with Crippen LogP contribution in [-0.4, -0.2) is 15.1 Å². The van der Waals surface area contributed by atoms with Gasteiger partial charge in [-0.25, -0.2) is 4.98 Å². The Hall–Kier alpha value is -3.27. The molecule has 26 heavy (non-hydrogen) atoms. The number of rotatable bonds is 4. The third-order valence-electron chi connectivity index (χ3n) is 4.69. The molecule has 3 N–H and O–H groups in total. The minimum absolute atomic E-state index is 0.221. The van der Waals surface area contributed by atoms with Gasteiger partial charge in [-0.15, -0.1) is 0 Å². The molecule has 4 nitrogen and oxygen atoms in total. The van der Waals surface area contributed by atoms with Crippen molar-refractivity contribution < 1.29 is 5.11 Å². The molecule has 0 aliphatic heterocycles. The van der Waals surface area contributed by atoms with Crippen LogP contribution < -0.4 is 5.32 Å². The molecular weight excluding hydrogens is 322 g/mol. The number of fused-ring (bicyclic) bond motifs is 1. The first-order valence-electron chi connectivity index (χ1n) is 8.68. The fourth-order valence-corrected chi connectivity index (χ4v) is 3.47. The highest BCUT2D eigenvalue weighted by Crippen LogP contribution is 2.37. The summed E-state index contributed by atoms with van der Waals surface area (Å²) in [7, 11) is 0. The van der Waals surface area contributed by atoms with E-state index in [0.717, 1.165) is 39.1 Å². The Balaban J connectivity index is 1.90. The van der Waals surface area contributed by atoms with Crippen LogP contribution in [-0.2, 0) is 0 Å². The van der Waals surface area contributed by atoms with Crippen molar-refractivity contribution in [1.82, 2.24) is 9.97 Å². The summed E-state index contributed by atoms with van der Waals surface area (Å²) in [6, 6.07) is 19.4. The second-order valence-corrected chi connectivity index (χ2v) is 6.56. The Morgan fingerprint density at radius 3 is 2.58 bits per heavy atom. The van der Waals surface area contributed by atoms with Gasteiger partial charge in [-0.3, -0.25) is 0 Å². The number of H-pyrrole nitrogens is 1. The van der Waals surface area contributed by atoms with E-state index in [4.69, 9.17) is 0 Å². The number of aryl methyl sites for hydroxylation is 2. The molecule has 0 fully saturated rings. The molecule has 0 saturated carbocycles. The lowest BCUT2D eigenvalue weighted by Gasteiger charge is -2.22. The Bertz CT molecular complexity index is 1070. The van der Waals surface area contributed by atoms with Crippen molar-refractivity contribution in [2.24, 2.45) is 0 Å². The molecule has 2 aromatic carbocycles. The monoisotopic (exact) mass is 343 g/mol. The first-order valence-corrected chi connectivity index (χ1v) is 8.68. The number of para-hydroxylation sites is 2. The van der Waals surface area contributed by atoms with Gasteiger partial charge >= 0.3 is 0 Å². The zero-order valence-corrected chi connectivity index (χ0v) is 14.8. The van der Waals surface area contributed by atoms with Crippen molar-refractivity contribution in [2.75, 3.05) is 5.32 Å². The van der Waals surface area contributed by atoms with E-state index in [1.54, 1.807) is 12.3 Å². The number of aromatic amines is 1. The maximum Gasteiger partial charge on any atom is 0.126 e. The molecule has 0 radical (unpaired) electrons. The smallest absolute Gasteiger partial charge is 0.126 e. The number of phenols is 1. The van der Waals surface area contributed by atoms with E-state index in [-0.39, 0.29) is 11.8 Å². The number of aromatic hydroxyl groups is 1. The highest BCUT2D eigenvalue weighted by atomic mass is 16.3. The summed E-state index contributed by atoms with van der Waals surface area (Å²) in [6.45, 7) is 4.10. The van der Waals surface area contributed by atoms with Crippen molar-refractivity contribution in [3.63, 3.8) is 0 Å². The lowest BCUT2D eigenvalue weighted by Crippen LogP contribution is -2.14. The van der Waals surface area contributed by atoms with Crippen molar-refractivity contribution in [3.8, 4) is 5.75 Å². The average Bonchev–Trinajstić information content (AvgIpc) is 2.96. The zero-order chi connectivity index (χ0) is 18.1. The van der Waals surface area contributed by atoms with Crippen LogP contribution in [0.5, 0.6) is 5.75 Å². The maximum absolute atomic E-state index is 10.5. The molecular formula is C22H21N3O. The van der Waals surface area contributed by atoms with Gasteiger partial charge in [0.1, 0.15) is 11.6 Å². The first kappa shape index (κ1) is 16.2. The van der Waals surface area contributed by atoms with Gasteiger partial charge in [0.2, 0.25) is 0 Å². The van der Waals surface area contributed by atoms with Crippen molar-refractivity contribution in [3.05, 3.63) is 89.2 Å². The predicted octanol–water partition coefficient (Wildman–Crippen LogP) is 5.09. The van der Waals surface area contributed by atoms with Crippen LogP contribution in [0.2, 0.25) is 0 Å². The summed E-state index contributed by atoms with van der Waals surface area (Å²) in [5.74, 6) is 1.05. The third-order valence-corrected chi connectivity index (χ3v) is 4.69. The van der Waals surface area contributed by atoms with Gasteiger partial charge in [0.05, 0.1) is 6.04 Å². The third kappa shape index (κ3) is 2.90. The molecule has 0 bridgehead atoms. The first-order chi connectivity index (χ1) is 12.6. The zero-order valence-electron chi connectivity index (χ0n) is 14.8. The fraction of sp³-hybridized carbons (Fsp3) is 0.136. The molecule has 0 aliphatic carbocycles. The number of hydrogen-bond acceptors (Lipinski definition) is 3. The minimum Gasteiger partial charge on any atom is -0.508 e. The number of benzene rings is 2. The molecule has 1 atom stereocenters. The van der Waals surface area contributed by atoms with Gasteiger partial charge in [0.15, 0.2) is 0 Å². The van der Waals surface area contributed by atoms with Crippen LogP contribution in [0.1, 0.15) is 28.4 Å². The minimum atomic E-state index is -0.221. The Morgan fingerprint density at radius 1 is 1.00 bits per heavy atom. The molecule has 2 aromatic heterocycles. The van der Waals surface area contributed by atoms with Crippen LogP contribution >= 0.6 is 0 Å².